The van der Waals surface area contributed by atoms with Crippen molar-refractivity contribution in [2.75, 3.05) is 14.2 Å². The van der Waals surface area contributed by atoms with Gasteiger partial charge in [0.25, 0.3) is 0 Å². The second-order valence-electron chi connectivity index (χ2n) is 5.90. The fraction of sp³-hybridized carbons (Fsp3) is 0.190. The molecule has 0 radical (unpaired) electrons. The van der Waals surface area contributed by atoms with Gasteiger partial charge in [0.1, 0.15) is 5.76 Å². The Morgan fingerprint density at radius 2 is 1.84 bits per heavy atom. The summed E-state index contributed by atoms with van der Waals surface area (Å²) in [7, 11) is 3.15. The number of esters is 1. The lowest BCUT2D eigenvalue weighted by molar-refractivity contribution is -0.130. The fourth-order valence-corrected chi connectivity index (χ4v) is 2.90. The lowest BCUT2D eigenvalue weighted by Gasteiger charge is -2.10. The Morgan fingerprint density at radius 3 is 2.52 bits per heavy atom. The molecule has 0 saturated heterocycles. The maximum atomic E-state index is 12.3. The molecule has 1 heterocycles. The van der Waals surface area contributed by atoms with Gasteiger partial charge in [0.15, 0.2) is 11.5 Å². The van der Waals surface area contributed by atoms with E-state index in [1.165, 1.54) is 5.56 Å². The molecule has 0 aromatic heterocycles. The van der Waals surface area contributed by atoms with Gasteiger partial charge in [0, 0.05) is 11.1 Å². The van der Waals surface area contributed by atoms with E-state index in [2.05, 4.69) is 6.07 Å². The number of aryl methyl sites for hydroxylation is 2. The minimum Gasteiger partial charge on any atom is -0.493 e. The molecule has 0 spiro atoms. The number of hydrogen-bond acceptors (Lipinski definition) is 4. The highest BCUT2D eigenvalue weighted by atomic mass is 16.5. The third-order valence-electron chi connectivity index (χ3n) is 4.12. The molecule has 0 unspecified atom stereocenters. The minimum atomic E-state index is -0.375. The predicted molar refractivity (Wildman–Crippen MR) is 97.5 cm³/mol. The van der Waals surface area contributed by atoms with Gasteiger partial charge in [-0.05, 0) is 37.6 Å². The Morgan fingerprint density at radius 1 is 1.04 bits per heavy atom. The van der Waals surface area contributed by atoms with Gasteiger partial charge in [-0.25, -0.2) is 4.79 Å². The maximum Gasteiger partial charge on any atom is 0.343 e. The molecule has 3 rings (SSSR count). The highest BCUT2D eigenvalue weighted by Crippen LogP contribution is 2.35. The molecule has 2 aromatic rings. The summed E-state index contributed by atoms with van der Waals surface area (Å²) in [6.07, 6.45) is 3.51. The van der Waals surface area contributed by atoms with E-state index in [-0.39, 0.29) is 5.97 Å². The van der Waals surface area contributed by atoms with Gasteiger partial charge in [-0.3, -0.25) is 0 Å². The number of cyclic esters (lactones) is 1. The molecular weight excluding hydrogens is 316 g/mol. The SMILES string of the molecule is COc1cccc(/C=C2/C=C(c3ccc(C)cc3C)OC2=O)c1OC. The molecule has 0 fully saturated rings. The van der Waals surface area contributed by atoms with Gasteiger partial charge in [-0.15, -0.1) is 0 Å². The largest absolute Gasteiger partial charge is 0.493 e. The average molecular weight is 336 g/mol. The van der Waals surface area contributed by atoms with Crippen LogP contribution >= 0.6 is 0 Å². The number of carbonyl (C=O) groups excluding carboxylic acids is 1. The standard InChI is InChI=1S/C21H20O4/c1-13-8-9-17(14(2)10-13)19-12-16(21(22)25-19)11-15-6-5-7-18(23-3)20(15)24-4/h5-12H,1-4H3/b16-11-. The number of para-hydroxylation sites is 1. The predicted octanol–water partition coefficient (Wildman–Crippen LogP) is 4.30. The smallest absolute Gasteiger partial charge is 0.343 e. The van der Waals surface area contributed by atoms with Crippen LogP contribution in [-0.4, -0.2) is 20.2 Å². The van der Waals surface area contributed by atoms with Crippen LogP contribution in [0.3, 0.4) is 0 Å². The van der Waals surface area contributed by atoms with E-state index >= 15 is 0 Å². The van der Waals surface area contributed by atoms with Crippen LogP contribution in [0, 0.1) is 13.8 Å². The highest BCUT2D eigenvalue weighted by molar-refractivity contribution is 6.05. The normalized spacial score (nSPS) is 15.1. The lowest BCUT2D eigenvalue weighted by atomic mass is 10.0. The van der Waals surface area contributed by atoms with Gasteiger partial charge in [0.2, 0.25) is 0 Å². The van der Waals surface area contributed by atoms with Crippen molar-refractivity contribution in [1.82, 2.24) is 0 Å². The second kappa shape index (κ2) is 6.85. The summed E-state index contributed by atoms with van der Waals surface area (Å²) >= 11 is 0. The molecule has 0 N–H and O–H groups in total. The Hall–Kier alpha value is -3.01. The summed E-state index contributed by atoms with van der Waals surface area (Å²) < 4.78 is 16.2. The maximum absolute atomic E-state index is 12.3. The monoisotopic (exact) mass is 336 g/mol. The van der Waals surface area contributed by atoms with E-state index in [1.807, 2.05) is 44.2 Å². The zero-order valence-corrected chi connectivity index (χ0v) is 14.8. The van der Waals surface area contributed by atoms with Crippen LogP contribution in [0.2, 0.25) is 0 Å². The van der Waals surface area contributed by atoms with Crippen molar-refractivity contribution in [3.8, 4) is 11.5 Å². The zero-order chi connectivity index (χ0) is 18.0. The van der Waals surface area contributed by atoms with Crippen LogP contribution in [0.25, 0.3) is 11.8 Å². The first-order valence-corrected chi connectivity index (χ1v) is 7.97. The van der Waals surface area contributed by atoms with Crippen LogP contribution in [0.4, 0.5) is 0 Å². The third-order valence-corrected chi connectivity index (χ3v) is 4.12. The van der Waals surface area contributed by atoms with Gasteiger partial charge in [-0.1, -0.05) is 35.9 Å². The molecule has 0 aliphatic carbocycles. The Bertz CT molecular complexity index is 891. The summed E-state index contributed by atoms with van der Waals surface area (Å²) in [6, 6.07) is 11.6. The quantitative estimate of drug-likeness (QED) is 0.617. The first-order valence-electron chi connectivity index (χ1n) is 7.97. The fourth-order valence-electron chi connectivity index (χ4n) is 2.90. The Balaban J connectivity index is 2.02. The summed E-state index contributed by atoms with van der Waals surface area (Å²) in [4.78, 5) is 12.3. The van der Waals surface area contributed by atoms with E-state index in [9.17, 15) is 4.79 Å². The van der Waals surface area contributed by atoms with E-state index in [0.717, 1.165) is 16.7 Å². The van der Waals surface area contributed by atoms with Gasteiger partial charge < -0.3 is 14.2 Å². The zero-order valence-electron chi connectivity index (χ0n) is 14.8. The summed E-state index contributed by atoms with van der Waals surface area (Å²) in [5.74, 6) is 1.39. The average Bonchev–Trinajstić information content (AvgIpc) is 2.95. The molecule has 0 saturated carbocycles. The highest BCUT2D eigenvalue weighted by Gasteiger charge is 2.23. The van der Waals surface area contributed by atoms with Gasteiger partial charge >= 0.3 is 5.97 Å². The van der Waals surface area contributed by atoms with Gasteiger partial charge in [-0.2, -0.15) is 0 Å². The van der Waals surface area contributed by atoms with Crippen LogP contribution in [0.1, 0.15) is 22.3 Å². The minimum absolute atomic E-state index is 0.375. The molecule has 0 atom stereocenters. The molecular formula is C21H20O4. The number of methoxy groups -OCH3 is 2. The second-order valence-corrected chi connectivity index (χ2v) is 5.90. The topological polar surface area (TPSA) is 44.8 Å². The first-order chi connectivity index (χ1) is 12.0. The van der Waals surface area contributed by atoms with E-state index in [1.54, 1.807) is 26.4 Å². The first kappa shape index (κ1) is 16.8. The molecule has 1 aliphatic heterocycles. The van der Waals surface area contributed by atoms with E-state index in [0.29, 0.717) is 22.8 Å². The third kappa shape index (κ3) is 3.29. The van der Waals surface area contributed by atoms with Crippen molar-refractivity contribution >= 4 is 17.8 Å². The number of rotatable bonds is 4. The van der Waals surface area contributed by atoms with Crippen molar-refractivity contribution in [3.63, 3.8) is 0 Å². The molecule has 4 heteroatoms. The van der Waals surface area contributed by atoms with Crippen molar-refractivity contribution in [1.29, 1.82) is 0 Å². The molecule has 25 heavy (non-hydrogen) atoms. The molecule has 128 valence electrons. The molecule has 4 nitrogen and oxygen atoms in total. The van der Waals surface area contributed by atoms with E-state index < -0.39 is 0 Å². The molecule has 1 aliphatic rings. The number of carbonyl (C=O) groups is 1. The number of hydrogen-bond donors (Lipinski definition) is 0. The van der Waals surface area contributed by atoms with Crippen LogP contribution < -0.4 is 9.47 Å². The van der Waals surface area contributed by atoms with Crippen LogP contribution in [0.15, 0.2) is 48.0 Å². The van der Waals surface area contributed by atoms with Crippen molar-refractivity contribution in [2.24, 2.45) is 0 Å². The van der Waals surface area contributed by atoms with Crippen LogP contribution in [-0.2, 0) is 9.53 Å². The van der Waals surface area contributed by atoms with E-state index in [4.69, 9.17) is 14.2 Å². The summed E-state index contributed by atoms with van der Waals surface area (Å²) in [6.45, 7) is 4.04. The summed E-state index contributed by atoms with van der Waals surface area (Å²) in [5.41, 5.74) is 4.38. The Labute approximate surface area is 147 Å². The molecule has 2 aromatic carbocycles. The van der Waals surface area contributed by atoms with Crippen molar-refractivity contribution in [3.05, 3.63) is 70.3 Å². The van der Waals surface area contributed by atoms with Crippen LogP contribution in [0.5, 0.6) is 11.5 Å². The number of ether oxygens (including phenoxy) is 3. The Kier molecular flexibility index (Phi) is 4.61. The number of benzene rings is 2. The summed E-state index contributed by atoms with van der Waals surface area (Å²) in [5, 5.41) is 0. The van der Waals surface area contributed by atoms with Crippen molar-refractivity contribution < 1.29 is 19.0 Å². The molecule has 0 bridgehead atoms. The van der Waals surface area contributed by atoms with Crippen molar-refractivity contribution in [2.45, 2.75) is 13.8 Å². The molecule has 0 amide bonds. The van der Waals surface area contributed by atoms with Gasteiger partial charge in [0.05, 0.1) is 19.8 Å². The lowest BCUT2D eigenvalue weighted by Crippen LogP contribution is -1.99.